The van der Waals surface area contributed by atoms with E-state index in [0.717, 1.165) is 0 Å². The topological polar surface area (TPSA) is 93.2 Å². The molecule has 1 heterocycles. The van der Waals surface area contributed by atoms with Gasteiger partial charge in [0.05, 0.1) is 13.0 Å². The summed E-state index contributed by atoms with van der Waals surface area (Å²) in [5.41, 5.74) is 0. The van der Waals surface area contributed by atoms with E-state index < -0.39 is 5.97 Å². The van der Waals surface area contributed by atoms with E-state index in [1.165, 1.54) is 4.90 Å². The summed E-state index contributed by atoms with van der Waals surface area (Å²) < 4.78 is 0. The number of piperazine rings is 1. The number of rotatable bonds is 5. The van der Waals surface area contributed by atoms with Gasteiger partial charge in [0.2, 0.25) is 5.91 Å². The number of nitrogens with zero attached hydrogens (tertiary/aromatic N) is 3. The van der Waals surface area contributed by atoms with Crippen molar-refractivity contribution < 1.29 is 19.5 Å². The van der Waals surface area contributed by atoms with Crippen LogP contribution in [0.2, 0.25) is 0 Å². The highest BCUT2D eigenvalue weighted by Gasteiger charge is 2.21. The number of hydrogen-bond acceptors (Lipinski definition) is 4. The van der Waals surface area contributed by atoms with Crippen molar-refractivity contribution in [3.63, 3.8) is 0 Å². The van der Waals surface area contributed by atoms with Crippen LogP contribution in [0.3, 0.4) is 0 Å². The summed E-state index contributed by atoms with van der Waals surface area (Å²) in [6.45, 7) is 2.89. The first-order valence-corrected chi connectivity index (χ1v) is 6.57. The van der Waals surface area contributed by atoms with Crippen LogP contribution in [0.25, 0.3) is 0 Å². The number of hydrogen-bond donors (Lipinski definition) is 2. The molecule has 1 fully saturated rings. The first kappa shape index (κ1) is 16.2. The van der Waals surface area contributed by atoms with Gasteiger partial charge in [-0.05, 0) is 0 Å². The third kappa shape index (κ3) is 5.43. The van der Waals surface area contributed by atoms with Gasteiger partial charge in [-0.1, -0.05) is 0 Å². The fourth-order valence-electron chi connectivity index (χ4n) is 1.85. The van der Waals surface area contributed by atoms with Gasteiger partial charge in [-0.15, -0.1) is 0 Å². The summed E-state index contributed by atoms with van der Waals surface area (Å²) in [7, 11) is 3.27. The summed E-state index contributed by atoms with van der Waals surface area (Å²) in [4.78, 5) is 38.7. The van der Waals surface area contributed by atoms with Gasteiger partial charge in [-0.25, -0.2) is 4.79 Å². The van der Waals surface area contributed by atoms with Crippen LogP contribution in [-0.4, -0.2) is 91.1 Å². The number of nitrogens with one attached hydrogen (secondary N) is 1. The molecular formula is C12H22N4O4. The molecule has 1 aliphatic heterocycles. The second-order valence-corrected chi connectivity index (χ2v) is 4.92. The van der Waals surface area contributed by atoms with Gasteiger partial charge < -0.3 is 20.2 Å². The number of carbonyl (C=O) groups excluding carboxylic acids is 2. The average Bonchev–Trinajstić information content (AvgIpc) is 2.42. The predicted molar refractivity (Wildman–Crippen MR) is 72.4 cm³/mol. The van der Waals surface area contributed by atoms with Gasteiger partial charge in [0.1, 0.15) is 0 Å². The highest BCUT2D eigenvalue weighted by atomic mass is 16.4. The molecule has 0 atom stereocenters. The Bertz CT molecular complexity index is 364. The molecule has 3 amide bonds. The fraction of sp³-hybridized carbons (Fsp3) is 0.750. The summed E-state index contributed by atoms with van der Waals surface area (Å²) in [6, 6.07) is -0.252. The lowest BCUT2D eigenvalue weighted by atomic mass is 10.3. The lowest BCUT2D eigenvalue weighted by molar-refractivity contribution is -0.137. The fourth-order valence-corrected chi connectivity index (χ4v) is 1.85. The maximum atomic E-state index is 11.8. The monoisotopic (exact) mass is 286 g/mol. The number of carboxylic acids is 1. The van der Waals surface area contributed by atoms with Crippen LogP contribution in [-0.2, 0) is 9.59 Å². The molecule has 0 saturated carbocycles. The lowest BCUT2D eigenvalue weighted by Gasteiger charge is -2.34. The first-order valence-electron chi connectivity index (χ1n) is 6.57. The summed E-state index contributed by atoms with van der Waals surface area (Å²) >= 11 is 0. The maximum absolute atomic E-state index is 11.8. The van der Waals surface area contributed by atoms with Crippen molar-refractivity contribution in [1.82, 2.24) is 20.0 Å². The zero-order valence-corrected chi connectivity index (χ0v) is 12.0. The quantitative estimate of drug-likeness (QED) is 0.667. The van der Waals surface area contributed by atoms with E-state index in [2.05, 4.69) is 5.32 Å². The van der Waals surface area contributed by atoms with E-state index in [4.69, 9.17) is 5.11 Å². The summed E-state index contributed by atoms with van der Waals surface area (Å²) in [6.07, 6.45) is 0.115. The van der Waals surface area contributed by atoms with Crippen molar-refractivity contribution in [3.05, 3.63) is 0 Å². The van der Waals surface area contributed by atoms with Crippen LogP contribution in [0.15, 0.2) is 0 Å². The zero-order chi connectivity index (χ0) is 15.1. The standard InChI is InChI=1S/C12H22N4O4/c1-14(2)10(17)9-13-12(20)16-7-5-15(6-8-16)4-3-11(18)19/h3-9H2,1-2H3,(H,13,20)(H,18,19). The van der Waals surface area contributed by atoms with Crippen molar-refractivity contribution in [2.24, 2.45) is 0 Å². The minimum atomic E-state index is -0.813. The number of urea groups is 1. The molecule has 1 aliphatic rings. The molecule has 2 N–H and O–H groups in total. The average molecular weight is 286 g/mol. The molecule has 1 saturated heterocycles. The molecule has 0 aliphatic carbocycles. The van der Waals surface area contributed by atoms with Gasteiger partial charge in [0.15, 0.2) is 0 Å². The Kier molecular flexibility index (Phi) is 6.23. The Morgan fingerprint density at radius 1 is 1.15 bits per heavy atom. The second kappa shape index (κ2) is 7.68. The highest BCUT2D eigenvalue weighted by molar-refractivity contribution is 5.83. The molecular weight excluding hydrogens is 264 g/mol. The highest BCUT2D eigenvalue weighted by Crippen LogP contribution is 2.02. The molecule has 8 nitrogen and oxygen atoms in total. The minimum Gasteiger partial charge on any atom is -0.481 e. The van der Waals surface area contributed by atoms with Gasteiger partial charge in [-0.2, -0.15) is 0 Å². The third-order valence-corrected chi connectivity index (χ3v) is 3.19. The van der Waals surface area contributed by atoms with Crippen LogP contribution >= 0.6 is 0 Å². The molecule has 20 heavy (non-hydrogen) atoms. The summed E-state index contributed by atoms with van der Waals surface area (Å²) in [5.74, 6) is -0.967. The lowest BCUT2D eigenvalue weighted by Crippen LogP contribution is -2.53. The Labute approximate surface area is 118 Å². The van der Waals surface area contributed by atoms with Crippen LogP contribution in [0.4, 0.5) is 4.79 Å². The van der Waals surface area contributed by atoms with Crippen molar-refractivity contribution in [1.29, 1.82) is 0 Å². The number of aliphatic carboxylic acids is 1. The van der Waals surface area contributed by atoms with Crippen LogP contribution < -0.4 is 5.32 Å². The van der Waals surface area contributed by atoms with E-state index in [1.54, 1.807) is 19.0 Å². The summed E-state index contributed by atoms with van der Waals surface area (Å²) in [5, 5.41) is 11.2. The SMILES string of the molecule is CN(C)C(=O)CNC(=O)N1CCN(CCC(=O)O)CC1. The molecule has 0 bridgehead atoms. The number of likely N-dealkylation sites (N-methyl/N-ethyl adjacent to an activating group) is 1. The predicted octanol–water partition coefficient (Wildman–Crippen LogP) is -1.12. The van der Waals surface area contributed by atoms with Crippen LogP contribution in [0, 0.1) is 0 Å². The van der Waals surface area contributed by atoms with Crippen LogP contribution in [0.5, 0.6) is 0 Å². The molecule has 0 aromatic carbocycles. The Morgan fingerprint density at radius 2 is 1.75 bits per heavy atom. The number of carboxylic acid groups (broad SMARTS) is 1. The van der Waals surface area contributed by atoms with E-state index in [9.17, 15) is 14.4 Å². The molecule has 0 aromatic rings. The molecule has 0 aromatic heterocycles. The Morgan fingerprint density at radius 3 is 2.25 bits per heavy atom. The maximum Gasteiger partial charge on any atom is 0.317 e. The van der Waals surface area contributed by atoms with Crippen molar-refractivity contribution in [2.45, 2.75) is 6.42 Å². The van der Waals surface area contributed by atoms with Gasteiger partial charge in [-0.3, -0.25) is 14.5 Å². The first-order chi connectivity index (χ1) is 9.40. The Hall–Kier alpha value is -1.83. The molecule has 0 spiro atoms. The van der Waals surface area contributed by atoms with Crippen molar-refractivity contribution >= 4 is 17.9 Å². The minimum absolute atomic E-state index is 0.00887. The second-order valence-electron chi connectivity index (χ2n) is 4.92. The van der Waals surface area contributed by atoms with Gasteiger partial charge in [0.25, 0.3) is 0 Å². The molecule has 0 unspecified atom stereocenters. The van der Waals surface area contributed by atoms with Gasteiger partial charge >= 0.3 is 12.0 Å². The zero-order valence-electron chi connectivity index (χ0n) is 12.0. The largest absolute Gasteiger partial charge is 0.481 e. The van der Waals surface area contributed by atoms with E-state index in [0.29, 0.717) is 32.7 Å². The molecule has 1 rings (SSSR count). The molecule has 0 radical (unpaired) electrons. The molecule has 8 heteroatoms. The van der Waals surface area contributed by atoms with Gasteiger partial charge in [0, 0.05) is 46.8 Å². The van der Waals surface area contributed by atoms with E-state index in [-0.39, 0.29) is 24.9 Å². The van der Waals surface area contributed by atoms with E-state index >= 15 is 0 Å². The van der Waals surface area contributed by atoms with Crippen LogP contribution in [0.1, 0.15) is 6.42 Å². The Balaban J connectivity index is 2.25. The third-order valence-electron chi connectivity index (χ3n) is 3.19. The van der Waals surface area contributed by atoms with Crippen molar-refractivity contribution in [2.75, 3.05) is 53.4 Å². The normalized spacial score (nSPS) is 15.8. The number of carbonyl (C=O) groups is 3. The van der Waals surface area contributed by atoms with Crippen molar-refractivity contribution in [3.8, 4) is 0 Å². The van der Waals surface area contributed by atoms with E-state index in [1.807, 2.05) is 4.90 Å². The number of amides is 3. The smallest absolute Gasteiger partial charge is 0.317 e. The molecule has 114 valence electrons.